The third kappa shape index (κ3) is 3.12. The quantitative estimate of drug-likeness (QED) is 0.847. The monoisotopic (exact) mass is 260 g/mol. The molecule has 1 atom stereocenters. The van der Waals surface area contributed by atoms with Crippen LogP contribution in [0.4, 0.5) is 0 Å². The summed E-state index contributed by atoms with van der Waals surface area (Å²) in [6.07, 6.45) is 2.50. The lowest BCUT2D eigenvalue weighted by Crippen LogP contribution is -2.29. The zero-order valence-corrected chi connectivity index (χ0v) is 11.4. The molecule has 1 aromatic carbocycles. The Morgan fingerprint density at radius 1 is 1.53 bits per heavy atom. The van der Waals surface area contributed by atoms with Crippen LogP contribution in [0.2, 0.25) is 0 Å². The number of aryl methyl sites for hydroxylation is 1. The molecular formula is C14H20N4O. The molecule has 1 unspecified atom stereocenters. The van der Waals surface area contributed by atoms with Gasteiger partial charge in [0.1, 0.15) is 0 Å². The van der Waals surface area contributed by atoms with Gasteiger partial charge in [0.15, 0.2) is 0 Å². The van der Waals surface area contributed by atoms with Crippen LogP contribution in [0.3, 0.4) is 0 Å². The summed E-state index contributed by atoms with van der Waals surface area (Å²) in [4.78, 5) is 16.1. The molecule has 5 heteroatoms. The second-order valence-corrected chi connectivity index (χ2v) is 4.87. The van der Waals surface area contributed by atoms with E-state index in [1.807, 2.05) is 36.7 Å². The molecule has 102 valence electrons. The minimum Gasteiger partial charge on any atom is -0.352 e. The molecule has 0 fully saturated rings. The molecule has 19 heavy (non-hydrogen) atoms. The lowest BCUT2D eigenvalue weighted by Gasteiger charge is -2.11. The van der Waals surface area contributed by atoms with Crippen LogP contribution in [-0.2, 0) is 18.4 Å². The topological polar surface area (TPSA) is 72.9 Å². The molecule has 0 bridgehead atoms. The molecule has 1 aromatic heterocycles. The molecule has 1 heterocycles. The van der Waals surface area contributed by atoms with Crippen molar-refractivity contribution in [2.24, 2.45) is 18.7 Å². The Bertz CT molecular complexity index is 576. The van der Waals surface area contributed by atoms with Crippen molar-refractivity contribution in [3.63, 3.8) is 0 Å². The van der Waals surface area contributed by atoms with Crippen molar-refractivity contribution in [2.75, 3.05) is 6.54 Å². The van der Waals surface area contributed by atoms with Gasteiger partial charge >= 0.3 is 0 Å². The third-order valence-corrected chi connectivity index (χ3v) is 3.30. The summed E-state index contributed by atoms with van der Waals surface area (Å²) < 4.78 is 1.97. The molecule has 5 nitrogen and oxygen atoms in total. The minimum absolute atomic E-state index is 0.0384. The molecule has 2 aromatic rings. The van der Waals surface area contributed by atoms with Gasteiger partial charge in [-0.1, -0.05) is 13.0 Å². The highest BCUT2D eigenvalue weighted by atomic mass is 16.1. The Morgan fingerprint density at radius 2 is 2.32 bits per heavy atom. The van der Waals surface area contributed by atoms with Crippen molar-refractivity contribution in [2.45, 2.75) is 19.9 Å². The number of carbonyl (C=O) groups excluding carboxylic acids is 1. The molecule has 0 aliphatic heterocycles. The largest absolute Gasteiger partial charge is 0.352 e. The van der Waals surface area contributed by atoms with Gasteiger partial charge in [0.2, 0.25) is 5.91 Å². The molecule has 0 aliphatic carbocycles. The maximum Gasteiger partial charge on any atom is 0.223 e. The van der Waals surface area contributed by atoms with Crippen LogP contribution in [0.15, 0.2) is 24.5 Å². The zero-order chi connectivity index (χ0) is 13.8. The molecular weight excluding hydrogens is 240 g/mol. The predicted molar refractivity (Wildman–Crippen MR) is 75.4 cm³/mol. The van der Waals surface area contributed by atoms with Crippen LogP contribution in [0.25, 0.3) is 11.0 Å². The summed E-state index contributed by atoms with van der Waals surface area (Å²) >= 11 is 0. The van der Waals surface area contributed by atoms with Crippen LogP contribution < -0.4 is 11.1 Å². The van der Waals surface area contributed by atoms with E-state index in [-0.39, 0.29) is 11.8 Å². The Kier molecular flexibility index (Phi) is 4.16. The summed E-state index contributed by atoms with van der Waals surface area (Å²) in [6.45, 7) is 2.96. The number of fused-ring (bicyclic) bond motifs is 1. The maximum absolute atomic E-state index is 11.8. The number of hydrogen-bond acceptors (Lipinski definition) is 3. The smallest absolute Gasteiger partial charge is 0.223 e. The fraction of sp³-hybridized carbons (Fsp3) is 0.429. The number of aromatic nitrogens is 2. The SMILES string of the molecule is CC(CCN)C(=O)NCc1ccc2c(c1)ncn2C. The number of hydrogen-bond donors (Lipinski definition) is 2. The number of carbonyl (C=O) groups is 1. The van der Waals surface area contributed by atoms with Gasteiger partial charge in [-0.3, -0.25) is 4.79 Å². The zero-order valence-electron chi connectivity index (χ0n) is 11.4. The van der Waals surface area contributed by atoms with Gasteiger partial charge in [-0.05, 0) is 30.7 Å². The first-order chi connectivity index (χ1) is 9.11. The fourth-order valence-electron chi connectivity index (χ4n) is 2.04. The lowest BCUT2D eigenvalue weighted by atomic mass is 10.1. The Hall–Kier alpha value is -1.88. The average Bonchev–Trinajstić information content (AvgIpc) is 2.77. The van der Waals surface area contributed by atoms with Crippen molar-refractivity contribution in [3.8, 4) is 0 Å². The van der Waals surface area contributed by atoms with E-state index < -0.39 is 0 Å². The standard InChI is InChI=1S/C14H20N4O/c1-10(5-6-15)14(19)16-8-11-3-4-13-12(7-11)17-9-18(13)2/h3-4,7,9-10H,5-6,8,15H2,1-2H3,(H,16,19). The van der Waals surface area contributed by atoms with Gasteiger partial charge in [0.25, 0.3) is 0 Å². The van der Waals surface area contributed by atoms with Gasteiger partial charge in [-0.2, -0.15) is 0 Å². The van der Waals surface area contributed by atoms with Crippen LogP contribution in [0, 0.1) is 5.92 Å². The molecule has 0 spiro atoms. The highest BCUT2D eigenvalue weighted by Crippen LogP contribution is 2.13. The maximum atomic E-state index is 11.8. The second-order valence-electron chi connectivity index (χ2n) is 4.87. The van der Waals surface area contributed by atoms with Crippen LogP contribution in [0.5, 0.6) is 0 Å². The Balaban J connectivity index is 2.00. The van der Waals surface area contributed by atoms with Gasteiger partial charge in [-0.25, -0.2) is 4.98 Å². The molecule has 1 amide bonds. The first-order valence-electron chi connectivity index (χ1n) is 6.49. The lowest BCUT2D eigenvalue weighted by molar-refractivity contribution is -0.124. The molecule has 2 rings (SSSR count). The van der Waals surface area contributed by atoms with E-state index in [1.54, 1.807) is 6.33 Å². The van der Waals surface area contributed by atoms with Crippen molar-refractivity contribution >= 4 is 16.9 Å². The van der Waals surface area contributed by atoms with Crippen LogP contribution >= 0.6 is 0 Å². The highest BCUT2D eigenvalue weighted by Gasteiger charge is 2.11. The van der Waals surface area contributed by atoms with Gasteiger partial charge in [0, 0.05) is 19.5 Å². The summed E-state index contributed by atoms with van der Waals surface area (Å²) in [7, 11) is 1.96. The summed E-state index contributed by atoms with van der Waals surface area (Å²) in [5, 5.41) is 2.93. The summed E-state index contributed by atoms with van der Waals surface area (Å²) in [6, 6.07) is 6.04. The van der Waals surface area contributed by atoms with Gasteiger partial charge < -0.3 is 15.6 Å². The van der Waals surface area contributed by atoms with Crippen LogP contribution in [-0.4, -0.2) is 22.0 Å². The van der Waals surface area contributed by atoms with Crippen LogP contribution in [0.1, 0.15) is 18.9 Å². The number of benzene rings is 1. The first-order valence-corrected chi connectivity index (χ1v) is 6.49. The van der Waals surface area contributed by atoms with E-state index in [4.69, 9.17) is 5.73 Å². The number of nitrogens with one attached hydrogen (secondary N) is 1. The van der Waals surface area contributed by atoms with E-state index in [2.05, 4.69) is 10.3 Å². The molecule has 0 saturated carbocycles. The molecule has 0 radical (unpaired) electrons. The summed E-state index contributed by atoms with van der Waals surface area (Å²) in [5.74, 6) is 0.00940. The fourth-order valence-corrected chi connectivity index (χ4v) is 2.04. The molecule has 3 N–H and O–H groups in total. The van der Waals surface area contributed by atoms with Gasteiger partial charge in [0.05, 0.1) is 17.4 Å². The molecule has 0 aliphatic rings. The number of nitrogens with zero attached hydrogens (tertiary/aromatic N) is 2. The summed E-state index contributed by atoms with van der Waals surface area (Å²) in [5.41, 5.74) is 8.54. The van der Waals surface area contributed by atoms with E-state index in [0.717, 1.165) is 16.6 Å². The van der Waals surface area contributed by atoms with Crippen molar-refractivity contribution in [1.29, 1.82) is 0 Å². The number of nitrogens with two attached hydrogens (primary N) is 1. The van der Waals surface area contributed by atoms with Crippen molar-refractivity contribution in [1.82, 2.24) is 14.9 Å². The first kappa shape index (κ1) is 13.5. The van der Waals surface area contributed by atoms with E-state index in [0.29, 0.717) is 19.5 Å². The Morgan fingerprint density at radius 3 is 3.05 bits per heavy atom. The second kappa shape index (κ2) is 5.84. The van der Waals surface area contributed by atoms with Crippen molar-refractivity contribution in [3.05, 3.63) is 30.1 Å². The number of amides is 1. The average molecular weight is 260 g/mol. The van der Waals surface area contributed by atoms with E-state index >= 15 is 0 Å². The van der Waals surface area contributed by atoms with Gasteiger partial charge in [-0.15, -0.1) is 0 Å². The molecule has 0 saturated heterocycles. The number of rotatable bonds is 5. The highest BCUT2D eigenvalue weighted by molar-refractivity contribution is 5.79. The van der Waals surface area contributed by atoms with E-state index in [1.165, 1.54) is 0 Å². The third-order valence-electron chi connectivity index (χ3n) is 3.30. The normalized spacial score (nSPS) is 12.6. The number of imidazole rings is 1. The minimum atomic E-state index is -0.0384. The Labute approximate surface area is 112 Å². The van der Waals surface area contributed by atoms with Crippen molar-refractivity contribution < 1.29 is 4.79 Å². The van der Waals surface area contributed by atoms with E-state index in [9.17, 15) is 4.79 Å². The predicted octanol–water partition coefficient (Wildman–Crippen LogP) is 1.17.